The summed E-state index contributed by atoms with van der Waals surface area (Å²) in [6.07, 6.45) is 0.725. The van der Waals surface area contributed by atoms with Crippen molar-refractivity contribution in [3.8, 4) is 0 Å². The number of carbonyl (C=O) groups is 2. The Hall–Kier alpha value is -2.67. The summed E-state index contributed by atoms with van der Waals surface area (Å²) in [5, 5.41) is 3.77. The van der Waals surface area contributed by atoms with Gasteiger partial charge in [0.1, 0.15) is 5.70 Å². The van der Waals surface area contributed by atoms with E-state index in [1.807, 2.05) is 31.2 Å². The molecule has 0 radical (unpaired) electrons. The van der Waals surface area contributed by atoms with E-state index in [9.17, 15) is 9.59 Å². The van der Waals surface area contributed by atoms with E-state index in [2.05, 4.69) is 10.2 Å². The number of hydrogen-bond acceptors (Lipinski definition) is 5. The Balaban J connectivity index is 1.55. The number of aryl methyl sites for hydroxylation is 1. The van der Waals surface area contributed by atoms with Gasteiger partial charge in [-0.25, -0.2) is 0 Å². The molecule has 6 nitrogen and oxygen atoms in total. The number of ether oxygens (including phenoxy) is 1. The van der Waals surface area contributed by atoms with Crippen LogP contribution < -0.4 is 5.32 Å². The average Bonchev–Trinajstić information content (AvgIpc) is 3.01. The van der Waals surface area contributed by atoms with Crippen LogP contribution in [0.25, 0.3) is 5.57 Å². The summed E-state index contributed by atoms with van der Waals surface area (Å²) in [4.78, 5) is 30.2. The molecule has 0 aromatic heterocycles. The maximum Gasteiger partial charge on any atom is 0.278 e. The fraction of sp³-hybridized carbons (Fsp3) is 0.333. The molecule has 0 saturated carbocycles. The van der Waals surface area contributed by atoms with Crippen LogP contribution in [-0.4, -0.2) is 61.0 Å². The quantitative estimate of drug-likeness (QED) is 0.668. The Morgan fingerprint density at radius 3 is 2.29 bits per heavy atom. The molecule has 0 atom stereocenters. The molecule has 4 rings (SSSR count). The van der Waals surface area contributed by atoms with E-state index in [1.54, 1.807) is 24.3 Å². The number of carbonyl (C=O) groups excluding carboxylic acids is 2. The van der Waals surface area contributed by atoms with Crippen molar-refractivity contribution >= 4 is 34.7 Å². The minimum Gasteiger partial charge on any atom is -0.379 e. The maximum absolute atomic E-state index is 13.3. The number of rotatable bonds is 7. The largest absolute Gasteiger partial charge is 0.379 e. The third-order valence-corrected chi connectivity index (χ3v) is 5.83. The third kappa shape index (κ3) is 4.98. The maximum atomic E-state index is 13.3. The molecule has 2 aliphatic rings. The molecule has 2 amide bonds. The molecule has 2 aliphatic heterocycles. The van der Waals surface area contributed by atoms with E-state index < -0.39 is 0 Å². The number of imide groups is 1. The Morgan fingerprint density at radius 2 is 1.61 bits per heavy atom. The van der Waals surface area contributed by atoms with Gasteiger partial charge in [0.15, 0.2) is 0 Å². The van der Waals surface area contributed by atoms with Gasteiger partial charge in [0, 0.05) is 36.9 Å². The van der Waals surface area contributed by atoms with E-state index in [4.69, 9.17) is 16.3 Å². The van der Waals surface area contributed by atoms with Gasteiger partial charge < -0.3 is 10.1 Å². The van der Waals surface area contributed by atoms with Gasteiger partial charge in [-0.05, 0) is 43.2 Å². The number of benzene rings is 2. The van der Waals surface area contributed by atoms with Crippen LogP contribution in [0.5, 0.6) is 0 Å². The summed E-state index contributed by atoms with van der Waals surface area (Å²) in [5.74, 6) is -0.568. The van der Waals surface area contributed by atoms with Crippen molar-refractivity contribution in [3.05, 3.63) is 70.4 Å². The van der Waals surface area contributed by atoms with Crippen molar-refractivity contribution in [3.63, 3.8) is 0 Å². The van der Waals surface area contributed by atoms with Gasteiger partial charge >= 0.3 is 0 Å². The minimum absolute atomic E-state index is 0.274. The molecule has 31 heavy (non-hydrogen) atoms. The lowest BCUT2D eigenvalue weighted by atomic mass is 10.0. The SMILES string of the molecule is Cc1ccc(NC2=C(c3ccc(Cl)cc3)C(=O)N(CCCN3CCOCC3)C2=O)cc1. The number of halogens is 1. The molecule has 2 heterocycles. The monoisotopic (exact) mass is 439 g/mol. The van der Waals surface area contributed by atoms with Crippen molar-refractivity contribution in [1.29, 1.82) is 0 Å². The fourth-order valence-corrected chi connectivity index (χ4v) is 3.96. The molecule has 1 fully saturated rings. The van der Waals surface area contributed by atoms with E-state index in [1.165, 1.54) is 4.90 Å². The highest BCUT2D eigenvalue weighted by Gasteiger charge is 2.38. The van der Waals surface area contributed by atoms with Crippen LogP contribution in [-0.2, 0) is 14.3 Å². The Kier molecular flexibility index (Phi) is 6.70. The number of nitrogens with zero attached hydrogens (tertiary/aromatic N) is 2. The summed E-state index contributed by atoms with van der Waals surface area (Å²) >= 11 is 6.03. The van der Waals surface area contributed by atoms with Gasteiger partial charge in [0.25, 0.3) is 11.8 Å². The fourth-order valence-electron chi connectivity index (χ4n) is 3.84. The normalized spacial score (nSPS) is 17.5. The topological polar surface area (TPSA) is 61.9 Å². The summed E-state index contributed by atoms with van der Waals surface area (Å²) in [7, 11) is 0. The molecule has 7 heteroatoms. The highest BCUT2D eigenvalue weighted by Crippen LogP contribution is 2.31. The van der Waals surface area contributed by atoms with Gasteiger partial charge in [0.05, 0.1) is 18.8 Å². The first-order valence-electron chi connectivity index (χ1n) is 10.5. The van der Waals surface area contributed by atoms with Crippen LogP contribution in [0.4, 0.5) is 5.69 Å². The number of hydrogen-bond donors (Lipinski definition) is 1. The van der Waals surface area contributed by atoms with Crippen LogP contribution in [0.3, 0.4) is 0 Å². The second-order valence-corrected chi connectivity index (χ2v) is 8.25. The number of nitrogens with one attached hydrogen (secondary N) is 1. The van der Waals surface area contributed by atoms with Gasteiger partial charge in [-0.1, -0.05) is 41.4 Å². The lowest BCUT2D eigenvalue weighted by Crippen LogP contribution is -2.39. The Morgan fingerprint density at radius 1 is 0.935 bits per heavy atom. The molecule has 0 bridgehead atoms. The lowest BCUT2D eigenvalue weighted by molar-refractivity contribution is -0.136. The first kappa shape index (κ1) is 21.6. The van der Waals surface area contributed by atoms with Crippen LogP contribution in [0.2, 0.25) is 5.02 Å². The Bertz CT molecular complexity index is 980. The van der Waals surface area contributed by atoms with E-state index >= 15 is 0 Å². The average molecular weight is 440 g/mol. The molecule has 0 unspecified atom stereocenters. The molecular weight excluding hydrogens is 414 g/mol. The molecule has 0 aliphatic carbocycles. The van der Waals surface area contributed by atoms with Gasteiger partial charge in [0.2, 0.25) is 0 Å². The van der Waals surface area contributed by atoms with Gasteiger partial charge in [-0.3, -0.25) is 19.4 Å². The van der Waals surface area contributed by atoms with Gasteiger partial charge in [-0.2, -0.15) is 0 Å². The molecule has 2 aromatic carbocycles. The van der Waals surface area contributed by atoms with Crippen LogP contribution in [0.15, 0.2) is 54.2 Å². The van der Waals surface area contributed by atoms with E-state index in [0.29, 0.717) is 28.4 Å². The second kappa shape index (κ2) is 9.64. The van der Waals surface area contributed by atoms with Crippen molar-refractivity contribution in [1.82, 2.24) is 9.80 Å². The number of amides is 2. The standard InChI is InChI=1S/C24H26ClN3O3/c1-17-3-9-20(10-4-17)26-22-21(18-5-7-19(25)8-6-18)23(29)28(24(22)30)12-2-11-27-13-15-31-16-14-27/h3-10,26H,2,11-16H2,1H3. The smallest absolute Gasteiger partial charge is 0.278 e. The van der Waals surface area contributed by atoms with Crippen LogP contribution in [0, 0.1) is 6.92 Å². The minimum atomic E-state index is -0.294. The highest BCUT2D eigenvalue weighted by atomic mass is 35.5. The zero-order valence-electron chi connectivity index (χ0n) is 17.6. The predicted molar refractivity (Wildman–Crippen MR) is 122 cm³/mol. The predicted octanol–water partition coefficient (Wildman–Crippen LogP) is 3.56. The molecule has 2 aromatic rings. The van der Waals surface area contributed by atoms with Crippen molar-refractivity contribution in [2.75, 3.05) is 44.7 Å². The van der Waals surface area contributed by atoms with Crippen molar-refractivity contribution in [2.24, 2.45) is 0 Å². The third-order valence-electron chi connectivity index (χ3n) is 5.58. The highest BCUT2D eigenvalue weighted by molar-refractivity contribution is 6.36. The number of morpholine rings is 1. The zero-order valence-corrected chi connectivity index (χ0v) is 18.3. The summed E-state index contributed by atoms with van der Waals surface area (Å²) in [6, 6.07) is 14.7. The molecular formula is C24H26ClN3O3. The van der Waals surface area contributed by atoms with Crippen molar-refractivity contribution < 1.29 is 14.3 Å². The molecule has 0 spiro atoms. The van der Waals surface area contributed by atoms with Gasteiger partial charge in [-0.15, -0.1) is 0 Å². The molecule has 1 saturated heterocycles. The van der Waals surface area contributed by atoms with E-state index in [0.717, 1.165) is 50.5 Å². The lowest BCUT2D eigenvalue weighted by Gasteiger charge is -2.27. The molecule has 1 N–H and O–H groups in total. The summed E-state index contributed by atoms with van der Waals surface area (Å²) in [6.45, 7) is 6.45. The first-order valence-corrected chi connectivity index (χ1v) is 10.9. The zero-order chi connectivity index (χ0) is 21.8. The second-order valence-electron chi connectivity index (χ2n) is 7.82. The first-order chi connectivity index (χ1) is 15.0. The number of anilines is 1. The summed E-state index contributed by atoms with van der Waals surface area (Å²) in [5.41, 5.74) is 3.25. The van der Waals surface area contributed by atoms with Crippen LogP contribution >= 0.6 is 11.6 Å². The van der Waals surface area contributed by atoms with Crippen LogP contribution in [0.1, 0.15) is 17.5 Å². The summed E-state index contributed by atoms with van der Waals surface area (Å²) < 4.78 is 5.38. The Labute approximate surface area is 187 Å². The molecule has 162 valence electrons. The van der Waals surface area contributed by atoms with Crippen molar-refractivity contribution in [2.45, 2.75) is 13.3 Å². The van der Waals surface area contributed by atoms with E-state index in [-0.39, 0.29) is 11.8 Å².